The van der Waals surface area contributed by atoms with E-state index >= 15 is 0 Å². The first-order chi connectivity index (χ1) is 22.9. The van der Waals surface area contributed by atoms with E-state index in [9.17, 15) is 32.3 Å². The minimum atomic E-state index is -4.55. The summed E-state index contributed by atoms with van der Waals surface area (Å²) in [5, 5.41) is 12.4. The monoisotopic (exact) mass is 878 g/mol. The van der Waals surface area contributed by atoms with Crippen LogP contribution in [0.25, 0.3) is 0 Å². The topological polar surface area (TPSA) is 141 Å². The van der Waals surface area contributed by atoms with Crippen molar-refractivity contribution in [1.82, 2.24) is 31.4 Å². The van der Waals surface area contributed by atoms with Gasteiger partial charge in [0, 0.05) is 37.2 Å². The van der Waals surface area contributed by atoms with Crippen molar-refractivity contribution in [2.45, 2.75) is 78.7 Å². The molecule has 0 saturated carbocycles. The molecule has 2 rings (SSSR count). The first-order valence-electron chi connectivity index (χ1n) is 15.0. The smallest absolute Gasteiger partial charge is 0.375 e. The molecule has 0 radical (unpaired) electrons. The maximum Gasteiger partial charge on any atom is 0.405 e. The summed E-state index contributed by atoms with van der Waals surface area (Å²) >= 11 is 18.4. The average Bonchev–Trinajstić information content (AvgIpc) is 2.95. The molecule has 0 saturated heterocycles. The molecule has 12 nitrogen and oxygen atoms in total. The zero-order chi connectivity index (χ0) is 38.6. The molecule has 0 aromatic heterocycles. The Balaban J connectivity index is 0.000000502. The van der Waals surface area contributed by atoms with Crippen molar-refractivity contribution in [3.05, 3.63) is 55.4 Å². The molecule has 0 spiro atoms. The summed E-state index contributed by atoms with van der Waals surface area (Å²) in [6.07, 6.45) is -4.55. The third kappa shape index (κ3) is 16.2. The number of nitrogens with one attached hydrogen (secondary N) is 4. The second-order valence-corrected chi connectivity index (χ2v) is 14.5. The van der Waals surface area contributed by atoms with Gasteiger partial charge in [-0.1, -0.05) is 55.1 Å². The maximum absolute atomic E-state index is 12.4. The number of hydrogen-bond acceptors (Lipinski definition) is 6. The third-order valence-corrected chi connectivity index (χ3v) is 7.33. The Labute approximate surface area is 316 Å². The first-order valence-corrected chi connectivity index (χ1v) is 17.4. The van der Waals surface area contributed by atoms with Gasteiger partial charge in [-0.3, -0.25) is 9.59 Å². The fraction of sp³-hybridized carbons (Fsp3) is 0.484. The van der Waals surface area contributed by atoms with Crippen LogP contribution in [0.5, 0.6) is 11.5 Å². The van der Waals surface area contributed by atoms with E-state index < -0.39 is 41.8 Å². The lowest BCUT2D eigenvalue weighted by Gasteiger charge is -2.29. The van der Waals surface area contributed by atoms with Gasteiger partial charge in [-0.05, 0) is 79.7 Å². The molecule has 0 unspecified atom stereocenters. The number of urea groups is 2. The zero-order valence-corrected chi connectivity index (χ0v) is 33.3. The molecule has 19 heteroatoms. The number of nitrogens with zero attached hydrogens (tertiary/aromatic N) is 2. The van der Waals surface area contributed by atoms with Crippen molar-refractivity contribution in [1.29, 1.82) is 0 Å². The van der Waals surface area contributed by atoms with E-state index in [1.165, 1.54) is 19.9 Å². The summed E-state index contributed by atoms with van der Waals surface area (Å²) in [6.45, 7) is 11.8. The van der Waals surface area contributed by atoms with Gasteiger partial charge in [0.15, 0.2) is 11.5 Å². The Morgan fingerprint density at radius 3 is 1.44 bits per heavy atom. The van der Waals surface area contributed by atoms with Gasteiger partial charge in [-0.15, -0.1) is 0 Å². The van der Waals surface area contributed by atoms with Crippen molar-refractivity contribution < 1.29 is 42.0 Å². The number of rotatable bonds is 12. The van der Waals surface area contributed by atoms with E-state index in [-0.39, 0.29) is 30.8 Å². The van der Waals surface area contributed by atoms with Crippen LogP contribution in [0.3, 0.4) is 0 Å². The van der Waals surface area contributed by atoms with Crippen LogP contribution in [0.1, 0.15) is 55.4 Å². The molecule has 0 aliphatic rings. The number of carbonyl (C=O) groups excluding carboxylic acids is 4. The van der Waals surface area contributed by atoms with Crippen LogP contribution >= 0.6 is 55.1 Å². The molecule has 6 amide bonds. The zero-order valence-electron chi connectivity index (χ0n) is 28.7. The molecular weight excluding hydrogens is 840 g/mol. The largest absolute Gasteiger partial charge is 0.405 e. The molecule has 0 fully saturated rings. The van der Waals surface area contributed by atoms with Crippen molar-refractivity contribution in [2.24, 2.45) is 0 Å². The van der Waals surface area contributed by atoms with Gasteiger partial charge in [-0.25, -0.2) is 9.59 Å². The van der Waals surface area contributed by atoms with Gasteiger partial charge in [0.25, 0.3) is 0 Å². The van der Waals surface area contributed by atoms with Gasteiger partial charge >= 0.3 is 18.2 Å². The van der Waals surface area contributed by atoms with E-state index in [0.717, 1.165) is 14.6 Å². The molecular formula is C31H41Br2Cl2F3N6O6. The summed E-state index contributed by atoms with van der Waals surface area (Å²) in [5.41, 5.74) is -2.67. The summed E-state index contributed by atoms with van der Waals surface area (Å²) < 4.78 is 38.0. The fourth-order valence-electron chi connectivity index (χ4n) is 3.53. The second-order valence-electron chi connectivity index (χ2n) is 11.8. The van der Waals surface area contributed by atoms with Gasteiger partial charge < -0.3 is 30.9 Å². The van der Waals surface area contributed by atoms with Crippen molar-refractivity contribution in [3.63, 3.8) is 0 Å². The Kier molecular flexibility index (Phi) is 17.5. The van der Waals surface area contributed by atoms with E-state index in [1.54, 1.807) is 63.3 Å². The molecule has 50 heavy (non-hydrogen) atoms. The molecule has 0 aliphatic carbocycles. The van der Waals surface area contributed by atoms with Crippen LogP contribution in [0.4, 0.5) is 22.8 Å². The lowest BCUT2D eigenvalue weighted by atomic mass is 10.0. The summed E-state index contributed by atoms with van der Waals surface area (Å²) in [4.78, 5) is 59.8. The van der Waals surface area contributed by atoms with Crippen LogP contribution in [0, 0.1) is 0 Å². The summed E-state index contributed by atoms with van der Waals surface area (Å²) in [7, 11) is 0. The van der Waals surface area contributed by atoms with Crippen LogP contribution in [0.2, 0.25) is 10.0 Å². The molecule has 0 aliphatic heterocycles. The Morgan fingerprint density at radius 2 is 1.12 bits per heavy atom. The fourth-order valence-corrected chi connectivity index (χ4v) is 5.19. The van der Waals surface area contributed by atoms with E-state index in [1.807, 2.05) is 13.8 Å². The molecule has 0 bridgehead atoms. The molecule has 0 heterocycles. The predicted octanol–water partition coefficient (Wildman–Crippen LogP) is 7.62. The van der Waals surface area contributed by atoms with Crippen LogP contribution in [0.15, 0.2) is 45.3 Å². The Bertz CT molecular complexity index is 1460. The van der Waals surface area contributed by atoms with Gasteiger partial charge in [0.05, 0.1) is 13.1 Å². The highest BCUT2D eigenvalue weighted by Crippen LogP contribution is 2.26. The van der Waals surface area contributed by atoms with Gasteiger partial charge in [0.1, 0.15) is 17.6 Å². The third-order valence-electron chi connectivity index (χ3n) is 5.97. The Hall–Kier alpha value is -3.15. The van der Waals surface area contributed by atoms with E-state index in [2.05, 4.69) is 47.8 Å². The number of halogens is 7. The molecule has 2 aromatic rings. The number of alkyl halides is 3. The van der Waals surface area contributed by atoms with Crippen molar-refractivity contribution in [3.8, 4) is 11.5 Å². The number of carbonyl (C=O) groups is 4. The number of hydroxylamine groups is 4. The number of hydrogen-bond donors (Lipinski definition) is 4. The van der Waals surface area contributed by atoms with Gasteiger partial charge in [0.2, 0.25) is 11.8 Å². The van der Waals surface area contributed by atoms with Crippen LogP contribution in [-0.2, 0) is 9.59 Å². The lowest BCUT2D eigenvalue weighted by molar-refractivity contribution is -0.141. The summed E-state index contributed by atoms with van der Waals surface area (Å²) in [6, 6.07) is 8.34. The van der Waals surface area contributed by atoms with Gasteiger partial charge in [-0.2, -0.15) is 23.3 Å². The first kappa shape index (κ1) is 44.9. The highest BCUT2D eigenvalue weighted by molar-refractivity contribution is 9.10. The average molecular weight is 881 g/mol. The highest BCUT2D eigenvalue weighted by Gasteiger charge is 2.35. The normalized spacial score (nSPS) is 11.4. The lowest BCUT2D eigenvalue weighted by Crippen LogP contribution is -2.59. The summed E-state index contributed by atoms with van der Waals surface area (Å²) in [5.74, 6) is -0.575. The number of benzene rings is 2. The molecule has 0 atom stereocenters. The second kappa shape index (κ2) is 19.5. The van der Waals surface area contributed by atoms with Crippen LogP contribution in [-0.4, -0.2) is 76.9 Å². The SMILES string of the molecule is CCN(Oc1cc(Cl)cc(Br)c1)C(=O)NC(C)(C)C(=O)NC(C)C.CCN(Oc1cc(Cl)cc(Br)c1)C(=O)NC(C)(C)C(=O)NCC(F)(F)F. The Morgan fingerprint density at radius 1 is 0.740 bits per heavy atom. The van der Waals surface area contributed by atoms with Crippen LogP contribution < -0.4 is 30.9 Å². The minimum absolute atomic E-state index is 0.0176. The highest BCUT2D eigenvalue weighted by atomic mass is 79.9. The molecule has 280 valence electrons. The van der Waals surface area contributed by atoms with E-state index in [4.69, 9.17) is 32.9 Å². The minimum Gasteiger partial charge on any atom is -0.375 e. The quantitative estimate of drug-likeness (QED) is 0.162. The van der Waals surface area contributed by atoms with Crippen molar-refractivity contribution in [2.75, 3.05) is 19.6 Å². The maximum atomic E-state index is 12.4. The predicted molar refractivity (Wildman–Crippen MR) is 192 cm³/mol. The standard InChI is InChI=1S/C16H23BrClN3O3.C15H18BrClF3N3O3/c1-6-21(24-13-8-11(17)7-12(18)9-13)15(23)20-16(4,5)14(22)19-10(2)3;1-4-23(26-11-6-9(16)5-10(17)7-11)13(25)22-14(2,3)12(24)21-8-15(18,19)20/h7-10H,6H2,1-5H3,(H,19,22)(H,20,23);5-7H,4,8H2,1-3H3,(H,21,24)(H,22,25). The number of amides is 6. The molecule has 2 aromatic carbocycles. The van der Waals surface area contributed by atoms with E-state index in [0.29, 0.717) is 20.3 Å². The van der Waals surface area contributed by atoms with Crippen molar-refractivity contribution >= 4 is 78.9 Å². The molecule has 4 N–H and O–H groups in total.